The molecule has 2 aliphatic rings. The number of carbonyl (C=O) groups excluding carboxylic acids is 1. The van der Waals surface area contributed by atoms with Crippen LogP contribution in [-0.2, 0) is 16.4 Å². The number of rotatable bonds is 5. The second-order valence-electron chi connectivity index (χ2n) is 7.57. The van der Waals surface area contributed by atoms with E-state index in [0.717, 1.165) is 25.1 Å². The Hall–Kier alpha value is -2.54. The van der Waals surface area contributed by atoms with Gasteiger partial charge in [0.15, 0.2) is 0 Å². The summed E-state index contributed by atoms with van der Waals surface area (Å²) in [5, 5.41) is 3.05. The Morgan fingerprint density at radius 2 is 1.93 bits per heavy atom. The van der Waals surface area contributed by atoms with Crippen molar-refractivity contribution in [2.24, 2.45) is 5.92 Å². The average Bonchev–Trinajstić information content (AvgIpc) is 3.33. The normalized spacial score (nSPS) is 19.0. The molecule has 28 heavy (non-hydrogen) atoms. The third-order valence-corrected chi connectivity index (χ3v) is 6.73. The van der Waals surface area contributed by atoms with Gasteiger partial charge in [0.2, 0.25) is 10.0 Å². The van der Waals surface area contributed by atoms with Gasteiger partial charge in [0.25, 0.3) is 5.91 Å². The number of anilines is 2. The predicted molar refractivity (Wildman–Crippen MR) is 111 cm³/mol. The predicted octanol–water partition coefficient (Wildman–Crippen LogP) is 2.26. The number of fused-ring (bicyclic) bond motifs is 1. The largest absolute Gasteiger partial charge is 0.371 e. The first-order valence-electron chi connectivity index (χ1n) is 9.60. The van der Waals surface area contributed by atoms with Crippen molar-refractivity contribution in [3.05, 3.63) is 59.7 Å². The smallest absolute Gasteiger partial charge is 0.251 e. The van der Waals surface area contributed by atoms with E-state index in [1.165, 1.54) is 16.2 Å². The van der Waals surface area contributed by atoms with E-state index >= 15 is 0 Å². The Morgan fingerprint density at radius 1 is 1.14 bits per heavy atom. The lowest BCUT2D eigenvalue weighted by Crippen LogP contribution is -2.31. The Morgan fingerprint density at radius 3 is 2.68 bits per heavy atom. The number of nitrogens with one attached hydrogen (secondary N) is 1. The zero-order chi connectivity index (χ0) is 19.7. The van der Waals surface area contributed by atoms with Crippen LogP contribution in [0.15, 0.2) is 48.5 Å². The summed E-state index contributed by atoms with van der Waals surface area (Å²) in [6.45, 7) is 3.04. The van der Waals surface area contributed by atoms with Crippen molar-refractivity contribution in [3.63, 3.8) is 0 Å². The average molecular weight is 400 g/mol. The molecule has 4 rings (SSSR count). The molecule has 7 heteroatoms. The minimum atomic E-state index is -3.27. The summed E-state index contributed by atoms with van der Waals surface area (Å²) in [5.41, 5.74) is 3.42. The van der Waals surface area contributed by atoms with Crippen LogP contribution in [0.1, 0.15) is 22.3 Å². The summed E-state index contributed by atoms with van der Waals surface area (Å²) in [5.74, 6) is 0.332. The Kier molecular flexibility index (Phi) is 5.02. The molecule has 1 amide bonds. The molecule has 2 aromatic carbocycles. The van der Waals surface area contributed by atoms with Crippen LogP contribution in [0, 0.1) is 5.92 Å². The van der Waals surface area contributed by atoms with Crippen molar-refractivity contribution < 1.29 is 13.2 Å². The van der Waals surface area contributed by atoms with E-state index in [4.69, 9.17) is 0 Å². The molecule has 2 heterocycles. The first-order valence-corrected chi connectivity index (χ1v) is 11.5. The standard InChI is InChI=1S/C21H25N3O3S/c1-28(26,27)24-12-10-17-13-18(7-8-20(17)24)21(25)22-14-16-9-11-23(15-16)19-5-3-2-4-6-19/h2-8,13,16H,9-12,14-15H2,1H3,(H,22,25). The summed E-state index contributed by atoms with van der Waals surface area (Å²) in [4.78, 5) is 14.9. The van der Waals surface area contributed by atoms with Crippen LogP contribution in [-0.4, -0.2) is 46.8 Å². The molecule has 148 valence electrons. The summed E-state index contributed by atoms with van der Waals surface area (Å²) in [7, 11) is -3.27. The van der Waals surface area contributed by atoms with Crippen LogP contribution < -0.4 is 14.5 Å². The number of para-hydroxylation sites is 1. The van der Waals surface area contributed by atoms with Crippen molar-refractivity contribution in [1.29, 1.82) is 0 Å². The fourth-order valence-electron chi connectivity index (χ4n) is 4.07. The number of carbonyl (C=O) groups is 1. The molecule has 2 aliphatic heterocycles. The van der Waals surface area contributed by atoms with Gasteiger partial charge in [-0.05, 0) is 54.7 Å². The molecule has 1 saturated heterocycles. The van der Waals surface area contributed by atoms with Gasteiger partial charge in [0.05, 0.1) is 11.9 Å². The van der Waals surface area contributed by atoms with Gasteiger partial charge in [0.1, 0.15) is 0 Å². The van der Waals surface area contributed by atoms with Gasteiger partial charge in [-0.3, -0.25) is 9.10 Å². The highest BCUT2D eigenvalue weighted by molar-refractivity contribution is 7.92. The summed E-state index contributed by atoms with van der Waals surface area (Å²) in [6, 6.07) is 15.6. The molecule has 2 aromatic rings. The molecule has 0 radical (unpaired) electrons. The lowest BCUT2D eigenvalue weighted by Gasteiger charge is -2.19. The van der Waals surface area contributed by atoms with E-state index in [0.29, 0.717) is 36.7 Å². The fourth-order valence-corrected chi connectivity index (χ4v) is 5.03. The number of amides is 1. The van der Waals surface area contributed by atoms with Crippen molar-refractivity contribution in [2.45, 2.75) is 12.8 Å². The topological polar surface area (TPSA) is 69.7 Å². The van der Waals surface area contributed by atoms with Crippen LogP contribution in [0.4, 0.5) is 11.4 Å². The monoisotopic (exact) mass is 399 g/mol. The van der Waals surface area contributed by atoms with Gasteiger partial charge < -0.3 is 10.2 Å². The number of nitrogens with zero attached hydrogens (tertiary/aromatic N) is 2. The third kappa shape index (κ3) is 3.85. The number of hydrogen-bond acceptors (Lipinski definition) is 4. The number of sulfonamides is 1. The van der Waals surface area contributed by atoms with Crippen molar-refractivity contribution in [1.82, 2.24) is 5.32 Å². The van der Waals surface area contributed by atoms with Gasteiger partial charge in [-0.25, -0.2) is 8.42 Å². The second-order valence-corrected chi connectivity index (χ2v) is 9.48. The molecule has 0 aromatic heterocycles. The molecule has 0 aliphatic carbocycles. The molecule has 1 unspecified atom stereocenters. The fraction of sp³-hybridized carbons (Fsp3) is 0.381. The Bertz CT molecular complexity index is 976. The molecular formula is C21H25N3O3S. The summed E-state index contributed by atoms with van der Waals surface area (Å²) in [6.07, 6.45) is 2.91. The molecule has 0 saturated carbocycles. The number of hydrogen-bond donors (Lipinski definition) is 1. The van der Waals surface area contributed by atoms with E-state index in [1.807, 2.05) is 24.3 Å². The minimum Gasteiger partial charge on any atom is -0.371 e. The zero-order valence-corrected chi connectivity index (χ0v) is 16.8. The van der Waals surface area contributed by atoms with Crippen LogP contribution in [0.25, 0.3) is 0 Å². The maximum atomic E-state index is 12.6. The highest BCUT2D eigenvalue weighted by Gasteiger charge is 2.27. The Balaban J connectivity index is 1.35. The van der Waals surface area contributed by atoms with Gasteiger partial charge in [-0.2, -0.15) is 0 Å². The van der Waals surface area contributed by atoms with E-state index < -0.39 is 10.0 Å². The first kappa shape index (κ1) is 18.8. The van der Waals surface area contributed by atoms with E-state index in [9.17, 15) is 13.2 Å². The molecule has 0 spiro atoms. The summed E-state index contributed by atoms with van der Waals surface area (Å²) < 4.78 is 25.1. The van der Waals surface area contributed by atoms with Crippen molar-refractivity contribution in [3.8, 4) is 0 Å². The van der Waals surface area contributed by atoms with E-state index in [-0.39, 0.29) is 5.91 Å². The molecule has 1 atom stereocenters. The molecule has 1 N–H and O–H groups in total. The van der Waals surface area contributed by atoms with Crippen molar-refractivity contribution in [2.75, 3.05) is 41.6 Å². The second kappa shape index (κ2) is 7.47. The van der Waals surface area contributed by atoms with Crippen LogP contribution in [0.3, 0.4) is 0 Å². The number of benzene rings is 2. The van der Waals surface area contributed by atoms with Crippen LogP contribution >= 0.6 is 0 Å². The van der Waals surface area contributed by atoms with E-state index in [2.05, 4.69) is 22.3 Å². The molecule has 6 nitrogen and oxygen atoms in total. The first-order chi connectivity index (χ1) is 13.4. The van der Waals surface area contributed by atoms with E-state index in [1.54, 1.807) is 12.1 Å². The van der Waals surface area contributed by atoms with Gasteiger partial charge >= 0.3 is 0 Å². The highest BCUT2D eigenvalue weighted by atomic mass is 32.2. The lowest BCUT2D eigenvalue weighted by molar-refractivity contribution is 0.0948. The quantitative estimate of drug-likeness (QED) is 0.837. The van der Waals surface area contributed by atoms with Crippen LogP contribution in [0.5, 0.6) is 0 Å². The summed E-state index contributed by atoms with van der Waals surface area (Å²) >= 11 is 0. The lowest BCUT2D eigenvalue weighted by atomic mass is 10.1. The SMILES string of the molecule is CS(=O)(=O)N1CCc2cc(C(=O)NCC3CCN(c4ccccc4)C3)ccc21. The van der Waals surface area contributed by atoms with Crippen molar-refractivity contribution >= 4 is 27.3 Å². The molecule has 0 bridgehead atoms. The van der Waals surface area contributed by atoms with Gasteiger partial charge in [-0.1, -0.05) is 18.2 Å². The zero-order valence-electron chi connectivity index (χ0n) is 16.0. The van der Waals surface area contributed by atoms with Gasteiger partial charge in [-0.15, -0.1) is 0 Å². The maximum absolute atomic E-state index is 12.6. The minimum absolute atomic E-state index is 0.0984. The van der Waals surface area contributed by atoms with Gasteiger partial charge in [0, 0.05) is 37.4 Å². The molecular weight excluding hydrogens is 374 g/mol. The third-order valence-electron chi connectivity index (χ3n) is 5.55. The molecule has 1 fully saturated rings. The van der Waals surface area contributed by atoms with Crippen LogP contribution in [0.2, 0.25) is 0 Å². The Labute approximate surface area is 166 Å². The maximum Gasteiger partial charge on any atom is 0.251 e. The highest BCUT2D eigenvalue weighted by Crippen LogP contribution is 2.30.